The average Bonchev–Trinajstić information content (AvgIpc) is 2.79. The van der Waals surface area contributed by atoms with Crippen molar-refractivity contribution in [1.29, 1.82) is 0 Å². The van der Waals surface area contributed by atoms with Crippen molar-refractivity contribution in [3.8, 4) is 0 Å². The minimum atomic E-state index is -0.625. The lowest BCUT2D eigenvalue weighted by atomic mass is 10.1. The van der Waals surface area contributed by atoms with E-state index >= 15 is 0 Å². The van der Waals surface area contributed by atoms with Crippen molar-refractivity contribution in [2.45, 2.75) is 13.0 Å². The Bertz CT molecular complexity index is 1090. The number of hydrogen-bond donors (Lipinski definition) is 3. The van der Waals surface area contributed by atoms with Gasteiger partial charge in [-0.3, -0.25) is 9.59 Å². The molecule has 2 amide bonds. The molecule has 1 unspecified atom stereocenters. The summed E-state index contributed by atoms with van der Waals surface area (Å²) in [5, 5.41) is 6.34. The number of primary amides is 1. The summed E-state index contributed by atoms with van der Waals surface area (Å²) in [4.78, 5) is 34.1. The lowest BCUT2D eigenvalue weighted by molar-refractivity contribution is -0.121. The summed E-state index contributed by atoms with van der Waals surface area (Å²) in [5.74, 6) is -0.191. The third-order valence-corrected chi connectivity index (χ3v) is 4.84. The van der Waals surface area contributed by atoms with E-state index in [1.165, 1.54) is 18.2 Å². The number of carbonyl (C=O) groups is 2. The van der Waals surface area contributed by atoms with Crippen molar-refractivity contribution >= 4 is 35.0 Å². The van der Waals surface area contributed by atoms with Gasteiger partial charge in [0.1, 0.15) is 12.4 Å². The van der Waals surface area contributed by atoms with E-state index in [9.17, 15) is 9.59 Å². The number of nitrogens with one attached hydrogen (secondary N) is 2. The lowest BCUT2D eigenvalue weighted by Crippen LogP contribution is -2.29. The highest BCUT2D eigenvalue weighted by molar-refractivity contribution is 5.97. The van der Waals surface area contributed by atoms with E-state index < -0.39 is 5.91 Å². The molecule has 0 bridgehead atoms. The SMILES string of the molecule is COCC(=O)N(C)c1cccc(Nc2ncc(C(N)=O)c(NC(C)c3ccccc3)n2)c1. The number of nitrogens with zero attached hydrogens (tertiary/aromatic N) is 3. The van der Waals surface area contributed by atoms with Crippen molar-refractivity contribution in [2.24, 2.45) is 5.73 Å². The van der Waals surface area contributed by atoms with Crippen molar-refractivity contribution in [1.82, 2.24) is 9.97 Å². The molecule has 3 rings (SSSR count). The molecule has 1 heterocycles. The van der Waals surface area contributed by atoms with Gasteiger partial charge >= 0.3 is 0 Å². The minimum Gasteiger partial charge on any atom is -0.375 e. The second-order valence-electron chi connectivity index (χ2n) is 7.16. The largest absolute Gasteiger partial charge is 0.375 e. The number of aromatic nitrogens is 2. The molecular weight excluding hydrogens is 408 g/mol. The molecule has 1 aromatic heterocycles. The minimum absolute atomic E-state index is 0.0134. The van der Waals surface area contributed by atoms with E-state index in [0.717, 1.165) is 5.56 Å². The number of ether oxygens (including phenoxy) is 1. The predicted octanol–water partition coefficient (Wildman–Crippen LogP) is 3.10. The van der Waals surface area contributed by atoms with E-state index in [4.69, 9.17) is 10.5 Å². The Balaban J connectivity index is 1.83. The van der Waals surface area contributed by atoms with Crippen LogP contribution in [0.15, 0.2) is 60.8 Å². The summed E-state index contributed by atoms with van der Waals surface area (Å²) in [5.41, 5.74) is 8.09. The normalized spacial score (nSPS) is 11.5. The molecule has 0 radical (unpaired) electrons. The summed E-state index contributed by atoms with van der Waals surface area (Å²) < 4.78 is 4.91. The maximum atomic E-state index is 12.1. The van der Waals surface area contributed by atoms with Crippen LogP contribution in [0.4, 0.5) is 23.1 Å². The predicted molar refractivity (Wildman–Crippen MR) is 124 cm³/mol. The molecule has 166 valence electrons. The van der Waals surface area contributed by atoms with Gasteiger partial charge in [-0.1, -0.05) is 36.4 Å². The molecule has 0 saturated heterocycles. The Labute approximate surface area is 186 Å². The summed E-state index contributed by atoms with van der Waals surface area (Å²) in [6, 6.07) is 16.9. The molecule has 9 heteroatoms. The highest BCUT2D eigenvalue weighted by atomic mass is 16.5. The van der Waals surface area contributed by atoms with Gasteiger partial charge in [-0.15, -0.1) is 0 Å². The molecule has 1 atom stereocenters. The topological polar surface area (TPSA) is 122 Å². The zero-order valence-corrected chi connectivity index (χ0v) is 18.2. The van der Waals surface area contributed by atoms with Crippen LogP contribution in [0.25, 0.3) is 0 Å². The van der Waals surface area contributed by atoms with Gasteiger partial charge in [-0.25, -0.2) is 4.98 Å². The van der Waals surface area contributed by atoms with Gasteiger partial charge in [-0.05, 0) is 30.7 Å². The quantitative estimate of drug-likeness (QED) is 0.473. The Morgan fingerprint density at radius 2 is 1.91 bits per heavy atom. The van der Waals surface area contributed by atoms with Crippen LogP contribution >= 0.6 is 0 Å². The van der Waals surface area contributed by atoms with Gasteiger partial charge in [0.05, 0.1) is 5.56 Å². The molecule has 3 aromatic rings. The van der Waals surface area contributed by atoms with Gasteiger partial charge < -0.3 is 26.0 Å². The molecule has 0 aliphatic heterocycles. The zero-order valence-electron chi connectivity index (χ0n) is 18.2. The number of benzene rings is 2. The van der Waals surface area contributed by atoms with Gasteiger partial charge in [-0.2, -0.15) is 4.98 Å². The number of likely N-dealkylation sites (N-methyl/N-ethyl adjacent to an activating group) is 1. The van der Waals surface area contributed by atoms with Crippen molar-refractivity contribution in [2.75, 3.05) is 36.3 Å². The highest BCUT2D eigenvalue weighted by Crippen LogP contribution is 2.24. The van der Waals surface area contributed by atoms with Crippen molar-refractivity contribution in [3.05, 3.63) is 71.9 Å². The Kier molecular flexibility index (Phi) is 7.35. The number of amides is 2. The van der Waals surface area contributed by atoms with E-state index in [0.29, 0.717) is 17.2 Å². The third kappa shape index (κ3) is 5.58. The van der Waals surface area contributed by atoms with Crippen LogP contribution < -0.4 is 21.3 Å². The third-order valence-electron chi connectivity index (χ3n) is 4.84. The first-order valence-electron chi connectivity index (χ1n) is 10.00. The van der Waals surface area contributed by atoms with Crippen LogP contribution in [-0.2, 0) is 9.53 Å². The molecule has 9 nitrogen and oxygen atoms in total. The summed E-state index contributed by atoms with van der Waals surface area (Å²) in [6.07, 6.45) is 1.38. The van der Waals surface area contributed by atoms with Crippen LogP contribution in [0.3, 0.4) is 0 Å². The molecule has 4 N–H and O–H groups in total. The van der Waals surface area contributed by atoms with E-state index in [2.05, 4.69) is 20.6 Å². The monoisotopic (exact) mass is 434 g/mol. The molecule has 2 aromatic carbocycles. The van der Waals surface area contributed by atoms with Crippen molar-refractivity contribution in [3.63, 3.8) is 0 Å². The van der Waals surface area contributed by atoms with Gasteiger partial charge in [0.15, 0.2) is 0 Å². The van der Waals surface area contributed by atoms with Crippen molar-refractivity contribution < 1.29 is 14.3 Å². The molecular formula is C23H26N6O3. The maximum absolute atomic E-state index is 12.1. The molecule has 0 aliphatic rings. The fourth-order valence-electron chi connectivity index (χ4n) is 3.05. The van der Waals surface area contributed by atoms with Crippen LogP contribution in [0.5, 0.6) is 0 Å². The summed E-state index contributed by atoms with van der Waals surface area (Å²) >= 11 is 0. The second kappa shape index (κ2) is 10.4. The number of anilines is 4. The summed E-state index contributed by atoms with van der Waals surface area (Å²) in [6.45, 7) is 1.95. The highest BCUT2D eigenvalue weighted by Gasteiger charge is 2.16. The molecule has 0 fully saturated rings. The Hall–Kier alpha value is -3.98. The van der Waals surface area contributed by atoms with Crippen LogP contribution in [0.2, 0.25) is 0 Å². The first-order chi connectivity index (χ1) is 15.4. The zero-order chi connectivity index (χ0) is 23.1. The number of methoxy groups -OCH3 is 1. The number of hydrogen-bond acceptors (Lipinski definition) is 7. The van der Waals surface area contributed by atoms with Crippen LogP contribution in [0.1, 0.15) is 28.9 Å². The smallest absolute Gasteiger partial charge is 0.254 e. The first kappa shape index (κ1) is 22.7. The molecule has 0 saturated carbocycles. The second-order valence-corrected chi connectivity index (χ2v) is 7.16. The standard InChI is InChI=1S/C23H26N6O3/c1-15(16-8-5-4-6-9-16)26-22-19(21(24)31)13-25-23(28-22)27-17-10-7-11-18(12-17)29(2)20(30)14-32-3/h4-13,15H,14H2,1-3H3,(H2,24,31)(H2,25,26,27,28). The molecule has 32 heavy (non-hydrogen) atoms. The van der Waals surface area contributed by atoms with E-state index in [1.54, 1.807) is 13.1 Å². The summed E-state index contributed by atoms with van der Waals surface area (Å²) in [7, 11) is 3.15. The fraction of sp³-hybridized carbons (Fsp3) is 0.217. The molecule has 0 aliphatic carbocycles. The average molecular weight is 435 g/mol. The number of carbonyl (C=O) groups excluding carboxylic acids is 2. The lowest BCUT2D eigenvalue weighted by Gasteiger charge is -2.19. The van der Waals surface area contributed by atoms with Gasteiger partial charge in [0.25, 0.3) is 11.8 Å². The first-order valence-corrected chi connectivity index (χ1v) is 10.00. The maximum Gasteiger partial charge on any atom is 0.254 e. The number of nitrogens with two attached hydrogens (primary N) is 1. The molecule has 0 spiro atoms. The van der Waals surface area contributed by atoms with E-state index in [1.807, 2.05) is 55.5 Å². The van der Waals surface area contributed by atoms with Gasteiger partial charge in [0, 0.05) is 37.8 Å². The van der Waals surface area contributed by atoms with Gasteiger partial charge in [0.2, 0.25) is 5.95 Å². The number of rotatable bonds is 9. The van der Waals surface area contributed by atoms with Crippen LogP contribution in [-0.4, -0.2) is 42.5 Å². The van der Waals surface area contributed by atoms with E-state index in [-0.39, 0.29) is 30.1 Å². The Morgan fingerprint density at radius 3 is 2.59 bits per heavy atom. The Morgan fingerprint density at radius 1 is 1.16 bits per heavy atom. The fourth-order valence-corrected chi connectivity index (χ4v) is 3.05. The van der Waals surface area contributed by atoms with Crippen LogP contribution in [0, 0.1) is 0 Å².